The Labute approximate surface area is 224 Å². The summed E-state index contributed by atoms with van der Waals surface area (Å²) in [6.45, 7) is 4.54. The first-order chi connectivity index (χ1) is 18.0. The van der Waals surface area contributed by atoms with E-state index in [1.807, 2.05) is 30.3 Å². The van der Waals surface area contributed by atoms with E-state index in [1.165, 1.54) is 6.20 Å². The smallest absolute Gasteiger partial charge is 0.395 e. The molecule has 1 aromatic carbocycles. The van der Waals surface area contributed by atoms with Crippen LogP contribution in [-0.4, -0.2) is 62.7 Å². The van der Waals surface area contributed by atoms with Gasteiger partial charge in [0.1, 0.15) is 6.10 Å². The van der Waals surface area contributed by atoms with Gasteiger partial charge in [-0.2, -0.15) is 0 Å². The highest BCUT2D eigenvalue weighted by Crippen LogP contribution is 2.46. The number of rotatable bonds is 13. The maximum absolute atomic E-state index is 13.6. The van der Waals surface area contributed by atoms with Gasteiger partial charge in [0.2, 0.25) is 0 Å². The SMILES string of the molecule is C[C@H]1[C@@H](O)[C@H](n2ccc(=O)[nH]c2=O)O[C@@H]1CO[P@@](=O)(NCc1ccccc1)OCCSC(=O)C(C)(C)CO. The van der Waals surface area contributed by atoms with Gasteiger partial charge in [-0.15, -0.1) is 0 Å². The van der Waals surface area contributed by atoms with Crippen molar-refractivity contribution in [3.05, 3.63) is 69.0 Å². The van der Waals surface area contributed by atoms with E-state index in [9.17, 15) is 29.2 Å². The monoisotopic (exact) mass is 571 g/mol. The van der Waals surface area contributed by atoms with Crippen LogP contribution >= 0.6 is 19.5 Å². The molecule has 2 aromatic rings. The number of nitrogens with zero attached hydrogens (tertiary/aromatic N) is 1. The van der Waals surface area contributed by atoms with E-state index < -0.39 is 48.8 Å². The predicted octanol–water partition coefficient (Wildman–Crippen LogP) is 1.64. The van der Waals surface area contributed by atoms with Crippen molar-refractivity contribution in [1.29, 1.82) is 0 Å². The number of hydrogen-bond donors (Lipinski definition) is 4. The summed E-state index contributed by atoms with van der Waals surface area (Å²) >= 11 is 0.964. The van der Waals surface area contributed by atoms with Crippen LogP contribution in [0.5, 0.6) is 0 Å². The van der Waals surface area contributed by atoms with Gasteiger partial charge >= 0.3 is 13.4 Å². The Morgan fingerprint density at radius 1 is 1.24 bits per heavy atom. The Morgan fingerprint density at radius 3 is 2.61 bits per heavy atom. The summed E-state index contributed by atoms with van der Waals surface area (Å²) in [5.74, 6) is -0.315. The molecule has 14 heteroatoms. The molecule has 0 aliphatic carbocycles. The molecule has 1 aliphatic heterocycles. The Balaban J connectivity index is 1.65. The third-order valence-corrected chi connectivity index (χ3v) is 8.85. The second-order valence-corrected chi connectivity index (χ2v) is 12.5. The van der Waals surface area contributed by atoms with Gasteiger partial charge in [0, 0.05) is 30.5 Å². The van der Waals surface area contributed by atoms with E-state index in [2.05, 4.69) is 10.1 Å². The van der Waals surface area contributed by atoms with Crippen LogP contribution in [0.3, 0.4) is 0 Å². The standard InChI is InChI=1S/C24H34N3O9PS/c1-16-18(36-21(20(16)30)27-10-9-19(29)26-23(27)32)14-35-37(33,25-13-17-7-5-4-6-8-17)34-11-12-38-22(31)24(2,3)15-28/h4-10,16,18,20-21,28,30H,11-15H2,1-3H3,(H,25,33)(H,26,29,32)/t16-,18-,20-,21-,37-/m1/s1. The number of thioether (sulfide) groups is 1. The van der Waals surface area contributed by atoms with E-state index >= 15 is 0 Å². The number of carbonyl (C=O) groups is 1. The normalized spacial score (nSPS) is 23.3. The molecule has 0 bridgehead atoms. The molecule has 1 saturated heterocycles. The minimum atomic E-state index is -3.90. The molecule has 0 spiro atoms. The molecule has 1 fully saturated rings. The summed E-state index contributed by atoms with van der Waals surface area (Å²) < 4.78 is 31.8. The summed E-state index contributed by atoms with van der Waals surface area (Å²) in [4.78, 5) is 37.9. The highest BCUT2D eigenvalue weighted by Gasteiger charge is 2.43. The Hall–Kier alpha value is -2.09. The fraction of sp³-hybridized carbons (Fsp3) is 0.542. The number of hydrogen-bond acceptors (Lipinski definition) is 10. The molecule has 4 N–H and O–H groups in total. The lowest BCUT2D eigenvalue weighted by Crippen LogP contribution is -2.35. The van der Waals surface area contributed by atoms with Crippen LogP contribution in [-0.2, 0) is 29.7 Å². The minimum Gasteiger partial charge on any atom is -0.395 e. The third kappa shape index (κ3) is 7.96. The van der Waals surface area contributed by atoms with Crippen molar-refractivity contribution in [2.75, 3.05) is 25.6 Å². The zero-order valence-electron chi connectivity index (χ0n) is 21.4. The molecule has 1 aromatic heterocycles. The number of aliphatic hydroxyl groups excluding tert-OH is 2. The average molecular weight is 572 g/mol. The molecule has 38 heavy (non-hydrogen) atoms. The van der Waals surface area contributed by atoms with Crippen molar-refractivity contribution in [1.82, 2.24) is 14.6 Å². The molecule has 0 amide bonds. The van der Waals surface area contributed by atoms with E-state index in [4.69, 9.17) is 13.8 Å². The highest BCUT2D eigenvalue weighted by molar-refractivity contribution is 8.13. The molecule has 0 saturated carbocycles. The molecule has 2 heterocycles. The number of ether oxygens (including phenoxy) is 1. The van der Waals surface area contributed by atoms with Crippen LogP contribution in [0.2, 0.25) is 0 Å². The van der Waals surface area contributed by atoms with Gasteiger partial charge in [0.05, 0.1) is 31.3 Å². The lowest BCUT2D eigenvalue weighted by molar-refractivity contribution is -0.119. The summed E-state index contributed by atoms with van der Waals surface area (Å²) in [6, 6.07) is 10.4. The molecule has 0 unspecified atom stereocenters. The van der Waals surface area contributed by atoms with Gasteiger partial charge in [-0.25, -0.2) is 14.4 Å². The van der Waals surface area contributed by atoms with Crippen molar-refractivity contribution >= 4 is 24.6 Å². The summed E-state index contributed by atoms with van der Waals surface area (Å²) in [5, 5.41) is 22.6. The third-order valence-electron chi connectivity index (χ3n) is 6.11. The second kappa shape index (κ2) is 13.3. The minimum absolute atomic E-state index is 0.0733. The van der Waals surface area contributed by atoms with Crippen LogP contribution in [0.25, 0.3) is 0 Å². The van der Waals surface area contributed by atoms with Crippen molar-refractivity contribution in [3.8, 4) is 0 Å². The first-order valence-electron chi connectivity index (χ1n) is 12.1. The quantitative estimate of drug-likeness (QED) is 0.204. The Kier molecular flexibility index (Phi) is 10.7. The van der Waals surface area contributed by atoms with Gasteiger partial charge in [0.25, 0.3) is 5.56 Å². The van der Waals surface area contributed by atoms with Gasteiger partial charge in [-0.3, -0.25) is 28.2 Å². The first-order valence-corrected chi connectivity index (χ1v) is 14.6. The Morgan fingerprint density at radius 2 is 1.95 bits per heavy atom. The van der Waals surface area contributed by atoms with Crippen LogP contribution in [0.15, 0.2) is 52.2 Å². The molecule has 210 valence electrons. The second-order valence-electron chi connectivity index (χ2n) is 9.56. The lowest BCUT2D eigenvalue weighted by atomic mass is 9.97. The van der Waals surface area contributed by atoms with Crippen LogP contribution in [0, 0.1) is 11.3 Å². The Bertz CT molecular complexity index is 1240. The lowest BCUT2D eigenvalue weighted by Gasteiger charge is -2.23. The van der Waals surface area contributed by atoms with E-state index in [0.717, 1.165) is 28.0 Å². The molecule has 3 rings (SSSR count). The predicted molar refractivity (Wildman–Crippen MR) is 142 cm³/mol. The van der Waals surface area contributed by atoms with Gasteiger partial charge in [-0.05, 0) is 19.4 Å². The van der Waals surface area contributed by atoms with E-state index in [1.54, 1.807) is 20.8 Å². The number of carbonyl (C=O) groups excluding carboxylic acids is 1. The number of nitrogens with one attached hydrogen (secondary N) is 2. The van der Waals surface area contributed by atoms with Gasteiger partial charge in [0.15, 0.2) is 11.3 Å². The fourth-order valence-electron chi connectivity index (χ4n) is 3.55. The number of aromatic nitrogens is 2. The van der Waals surface area contributed by atoms with Crippen LogP contribution in [0.1, 0.15) is 32.6 Å². The zero-order chi connectivity index (χ0) is 27.9. The first kappa shape index (κ1) is 30.5. The van der Waals surface area contributed by atoms with Crippen LogP contribution in [0.4, 0.5) is 0 Å². The molecular formula is C24H34N3O9PS. The number of benzene rings is 1. The zero-order valence-corrected chi connectivity index (χ0v) is 23.2. The maximum atomic E-state index is 13.6. The average Bonchev–Trinajstić information content (AvgIpc) is 3.18. The fourth-order valence-corrected chi connectivity index (χ4v) is 5.79. The molecular weight excluding hydrogens is 537 g/mol. The topological polar surface area (TPSA) is 169 Å². The van der Waals surface area contributed by atoms with Crippen molar-refractivity contribution < 1.29 is 33.4 Å². The summed E-state index contributed by atoms with van der Waals surface area (Å²) in [5.41, 5.74) is -1.37. The van der Waals surface area contributed by atoms with Crippen LogP contribution < -0.4 is 16.3 Å². The molecule has 5 atom stereocenters. The van der Waals surface area contributed by atoms with Gasteiger partial charge < -0.3 is 14.9 Å². The van der Waals surface area contributed by atoms with E-state index in [-0.39, 0.29) is 37.2 Å². The molecule has 1 aliphatic rings. The maximum Gasteiger partial charge on any atom is 0.405 e. The molecule has 0 radical (unpaired) electrons. The van der Waals surface area contributed by atoms with Crippen molar-refractivity contribution in [2.24, 2.45) is 11.3 Å². The summed E-state index contributed by atoms with van der Waals surface area (Å²) in [6.07, 6.45) is -1.68. The van der Waals surface area contributed by atoms with Crippen molar-refractivity contribution in [2.45, 2.75) is 45.8 Å². The molecule has 12 nitrogen and oxygen atoms in total. The van der Waals surface area contributed by atoms with Crippen molar-refractivity contribution in [3.63, 3.8) is 0 Å². The highest BCUT2D eigenvalue weighted by atomic mass is 32.2. The summed E-state index contributed by atoms with van der Waals surface area (Å²) in [7, 11) is -3.90. The number of aliphatic hydroxyl groups is 2. The van der Waals surface area contributed by atoms with E-state index in [0.29, 0.717) is 0 Å². The number of aromatic amines is 1. The van der Waals surface area contributed by atoms with Gasteiger partial charge in [-0.1, -0.05) is 49.0 Å². The largest absolute Gasteiger partial charge is 0.405 e. The number of H-pyrrole nitrogens is 1.